The van der Waals surface area contributed by atoms with Gasteiger partial charge < -0.3 is 10.2 Å². The minimum absolute atomic E-state index is 0.237. The van der Waals surface area contributed by atoms with Crippen LogP contribution in [0.15, 0.2) is 36.4 Å². The molecular formula is C14H8O4. The Morgan fingerprint density at radius 2 is 1.06 bits per heavy atom. The van der Waals surface area contributed by atoms with Gasteiger partial charge in [0.05, 0.1) is 0 Å². The SMILES string of the molecule is O=C1C=CC(=O)c2cc3cc(O)c(O)cc3cc21. The zero-order valence-corrected chi connectivity index (χ0v) is 9.18. The molecule has 0 spiro atoms. The Kier molecular flexibility index (Phi) is 2.01. The number of carbonyl (C=O) groups excluding carboxylic acids is 2. The van der Waals surface area contributed by atoms with Crippen molar-refractivity contribution in [1.82, 2.24) is 0 Å². The molecule has 0 saturated carbocycles. The largest absolute Gasteiger partial charge is 0.504 e. The highest BCUT2D eigenvalue weighted by Gasteiger charge is 2.20. The third-order valence-electron chi connectivity index (χ3n) is 2.99. The summed E-state index contributed by atoms with van der Waals surface area (Å²) in [5, 5.41) is 20.0. The third-order valence-corrected chi connectivity index (χ3v) is 2.99. The Hall–Kier alpha value is -2.62. The van der Waals surface area contributed by atoms with E-state index in [2.05, 4.69) is 0 Å². The van der Waals surface area contributed by atoms with Crippen molar-refractivity contribution >= 4 is 22.3 Å². The van der Waals surface area contributed by atoms with Crippen LogP contribution in [0.2, 0.25) is 0 Å². The molecule has 3 rings (SSSR count). The Labute approximate surface area is 102 Å². The highest BCUT2D eigenvalue weighted by atomic mass is 16.3. The molecular weight excluding hydrogens is 232 g/mol. The van der Waals surface area contributed by atoms with Crippen molar-refractivity contribution in [1.29, 1.82) is 0 Å². The van der Waals surface area contributed by atoms with E-state index in [0.29, 0.717) is 21.9 Å². The van der Waals surface area contributed by atoms with Crippen LogP contribution in [0, 0.1) is 0 Å². The molecule has 2 N–H and O–H groups in total. The number of allylic oxidation sites excluding steroid dienone is 2. The second-order valence-electron chi connectivity index (χ2n) is 4.15. The first-order chi connectivity index (χ1) is 8.56. The molecule has 0 aliphatic heterocycles. The fraction of sp³-hybridized carbons (Fsp3) is 0. The van der Waals surface area contributed by atoms with Crippen molar-refractivity contribution in [2.75, 3.05) is 0 Å². The van der Waals surface area contributed by atoms with Gasteiger partial charge in [-0.25, -0.2) is 0 Å². The number of carbonyl (C=O) groups is 2. The van der Waals surface area contributed by atoms with E-state index in [9.17, 15) is 19.8 Å². The topological polar surface area (TPSA) is 74.6 Å². The number of aromatic hydroxyl groups is 2. The predicted molar refractivity (Wildman–Crippen MR) is 65.1 cm³/mol. The van der Waals surface area contributed by atoms with Gasteiger partial charge in [-0.2, -0.15) is 0 Å². The lowest BCUT2D eigenvalue weighted by molar-refractivity contribution is 0.0994. The summed E-state index contributed by atoms with van der Waals surface area (Å²) in [4.78, 5) is 23.4. The first-order valence-corrected chi connectivity index (χ1v) is 5.33. The van der Waals surface area contributed by atoms with Crippen molar-refractivity contribution in [2.24, 2.45) is 0 Å². The van der Waals surface area contributed by atoms with Crippen molar-refractivity contribution in [3.63, 3.8) is 0 Å². The van der Waals surface area contributed by atoms with E-state index in [0.717, 1.165) is 0 Å². The maximum absolute atomic E-state index is 11.7. The molecule has 18 heavy (non-hydrogen) atoms. The second kappa shape index (κ2) is 3.43. The van der Waals surface area contributed by atoms with Gasteiger partial charge in [-0.3, -0.25) is 9.59 Å². The van der Waals surface area contributed by atoms with Crippen LogP contribution in [0.4, 0.5) is 0 Å². The van der Waals surface area contributed by atoms with Crippen molar-refractivity contribution in [3.8, 4) is 11.5 Å². The molecule has 0 amide bonds. The first kappa shape index (κ1) is 10.5. The van der Waals surface area contributed by atoms with Crippen LogP contribution in [0.3, 0.4) is 0 Å². The van der Waals surface area contributed by atoms with E-state index in [4.69, 9.17) is 0 Å². The fourth-order valence-electron chi connectivity index (χ4n) is 2.06. The number of ketones is 2. The van der Waals surface area contributed by atoms with E-state index in [-0.39, 0.29) is 23.1 Å². The van der Waals surface area contributed by atoms with Gasteiger partial charge >= 0.3 is 0 Å². The van der Waals surface area contributed by atoms with Crippen LogP contribution in [0.5, 0.6) is 11.5 Å². The molecule has 0 radical (unpaired) electrons. The summed E-state index contributed by atoms with van der Waals surface area (Å²) in [6.45, 7) is 0. The zero-order valence-electron chi connectivity index (χ0n) is 9.18. The summed E-state index contributed by atoms with van der Waals surface area (Å²) < 4.78 is 0. The molecule has 0 aromatic heterocycles. The van der Waals surface area contributed by atoms with Crippen LogP contribution < -0.4 is 0 Å². The normalized spacial score (nSPS) is 14.0. The molecule has 4 nitrogen and oxygen atoms in total. The maximum Gasteiger partial charge on any atom is 0.186 e. The molecule has 0 bridgehead atoms. The Morgan fingerprint density at radius 3 is 1.44 bits per heavy atom. The van der Waals surface area contributed by atoms with Crippen LogP contribution in [-0.2, 0) is 0 Å². The number of fused-ring (bicyclic) bond motifs is 2. The molecule has 2 aromatic carbocycles. The van der Waals surface area contributed by atoms with Gasteiger partial charge in [0.15, 0.2) is 23.1 Å². The number of phenolic OH excluding ortho intramolecular Hbond substituents is 2. The molecule has 0 heterocycles. The monoisotopic (exact) mass is 240 g/mol. The van der Waals surface area contributed by atoms with E-state index < -0.39 is 0 Å². The summed E-state index contributed by atoms with van der Waals surface area (Å²) in [6, 6.07) is 5.82. The zero-order chi connectivity index (χ0) is 12.9. The molecule has 1 aliphatic rings. The van der Waals surface area contributed by atoms with Gasteiger partial charge in [0.2, 0.25) is 0 Å². The Bertz CT molecular complexity index is 679. The lowest BCUT2D eigenvalue weighted by Gasteiger charge is -2.11. The highest BCUT2D eigenvalue weighted by molar-refractivity contribution is 6.23. The Morgan fingerprint density at radius 1 is 0.667 bits per heavy atom. The number of hydrogen-bond acceptors (Lipinski definition) is 4. The predicted octanol–water partition coefficient (Wildman–Crippen LogP) is 2.19. The number of benzene rings is 2. The van der Waals surface area contributed by atoms with E-state index >= 15 is 0 Å². The van der Waals surface area contributed by atoms with Crippen molar-refractivity contribution in [3.05, 3.63) is 47.5 Å². The summed E-state index contributed by atoms with van der Waals surface area (Å²) in [7, 11) is 0. The minimum Gasteiger partial charge on any atom is -0.504 e. The molecule has 4 heteroatoms. The first-order valence-electron chi connectivity index (χ1n) is 5.33. The van der Waals surface area contributed by atoms with Gasteiger partial charge in [-0.15, -0.1) is 0 Å². The lowest BCUT2D eigenvalue weighted by atomic mass is 9.91. The van der Waals surface area contributed by atoms with Gasteiger partial charge in [-0.05, 0) is 47.2 Å². The van der Waals surface area contributed by atoms with Gasteiger partial charge in [0, 0.05) is 11.1 Å². The molecule has 0 saturated heterocycles. The Balaban J connectivity index is 2.38. The maximum atomic E-state index is 11.7. The molecule has 1 aliphatic carbocycles. The van der Waals surface area contributed by atoms with Crippen molar-refractivity contribution < 1.29 is 19.8 Å². The minimum atomic E-state index is -0.257. The van der Waals surface area contributed by atoms with E-state index in [1.54, 1.807) is 12.1 Å². The summed E-state index contributed by atoms with van der Waals surface area (Å²) in [5.41, 5.74) is 0.639. The molecule has 0 atom stereocenters. The number of phenols is 2. The number of rotatable bonds is 0. The second-order valence-corrected chi connectivity index (χ2v) is 4.15. The smallest absolute Gasteiger partial charge is 0.186 e. The molecule has 0 unspecified atom stereocenters. The summed E-state index contributed by atoms with van der Waals surface area (Å²) in [6.07, 6.45) is 2.47. The van der Waals surface area contributed by atoms with Gasteiger partial charge in [-0.1, -0.05) is 0 Å². The quantitative estimate of drug-likeness (QED) is 0.692. The fourth-order valence-corrected chi connectivity index (χ4v) is 2.06. The standard InChI is InChI=1S/C14H8O4/c15-11-1-2-12(16)10-4-8-6-14(18)13(17)5-7(8)3-9(10)11/h1-6,17-18H. The number of hydrogen-bond donors (Lipinski definition) is 2. The average Bonchev–Trinajstić information content (AvgIpc) is 2.34. The van der Waals surface area contributed by atoms with Crippen LogP contribution >= 0.6 is 0 Å². The van der Waals surface area contributed by atoms with Crippen LogP contribution in [-0.4, -0.2) is 21.8 Å². The van der Waals surface area contributed by atoms with Crippen molar-refractivity contribution in [2.45, 2.75) is 0 Å². The lowest BCUT2D eigenvalue weighted by Crippen LogP contribution is -2.11. The molecule has 0 fully saturated rings. The van der Waals surface area contributed by atoms with Gasteiger partial charge in [0.25, 0.3) is 0 Å². The highest BCUT2D eigenvalue weighted by Crippen LogP contribution is 2.32. The van der Waals surface area contributed by atoms with Crippen LogP contribution in [0.25, 0.3) is 10.8 Å². The summed E-state index contributed by atoms with van der Waals surface area (Å²) >= 11 is 0. The van der Waals surface area contributed by atoms with Gasteiger partial charge in [0.1, 0.15) is 0 Å². The van der Waals surface area contributed by atoms with E-state index in [1.165, 1.54) is 24.3 Å². The summed E-state index contributed by atoms with van der Waals surface area (Å²) in [5.74, 6) is -0.988. The van der Waals surface area contributed by atoms with E-state index in [1.807, 2.05) is 0 Å². The van der Waals surface area contributed by atoms with Crippen LogP contribution in [0.1, 0.15) is 20.7 Å². The third kappa shape index (κ3) is 1.39. The molecule has 2 aromatic rings. The molecule has 88 valence electrons. The average molecular weight is 240 g/mol.